The molecule has 0 bridgehead atoms. The van der Waals surface area contributed by atoms with Gasteiger partial charge in [0.2, 0.25) is 0 Å². The lowest BCUT2D eigenvalue weighted by molar-refractivity contribution is 0.225. The first-order chi connectivity index (χ1) is 14.1. The number of fused-ring (bicyclic) bond motifs is 3. The highest BCUT2D eigenvalue weighted by molar-refractivity contribution is 5.87. The van der Waals surface area contributed by atoms with Crippen LogP contribution in [0.1, 0.15) is 31.1 Å². The Morgan fingerprint density at radius 3 is 2.86 bits per heavy atom. The van der Waals surface area contributed by atoms with Crippen LogP contribution in [0.5, 0.6) is 5.75 Å². The van der Waals surface area contributed by atoms with E-state index in [1.807, 2.05) is 19.1 Å². The molecule has 0 unspecified atom stereocenters. The summed E-state index contributed by atoms with van der Waals surface area (Å²) in [6.45, 7) is 5.79. The average molecular weight is 398 g/mol. The Morgan fingerprint density at radius 2 is 2.03 bits per heavy atom. The maximum Gasteiger partial charge on any atom is 0.347 e. The monoisotopic (exact) mass is 398 g/mol. The predicted octanol–water partition coefficient (Wildman–Crippen LogP) is 1.93. The van der Waals surface area contributed by atoms with Gasteiger partial charge in [0, 0.05) is 31.1 Å². The lowest BCUT2D eigenvalue weighted by Crippen LogP contribution is -2.39. The third-order valence-electron chi connectivity index (χ3n) is 5.45. The van der Waals surface area contributed by atoms with Crippen molar-refractivity contribution in [2.24, 2.45) is 7.05 Å². The second kappa shape index (κ2) is 8.24. The molecule has 0 aliphatic carbocycles. The van der Waals surface area contributed by atoms with E-state index in [9.17, 15) is 9.59 Å². The third kappa shape index (κ3) is 3.85. The van der Waals surface area contributed by atoms with Crippen LogP contribution < -0.4 is 16.0 Å². The van der Waals surface area contributed by atoms with Crippen molar-refractivity contribution >= 4 is 11.0 Å². The summed E-state index contributed by atoms with van der Waals surface area (Å²) in [6.07, 6.45) is 3.91. The molecule has 1 aliphatic heterocycles. The van der Waals surface area contributed by atoms with Gasteiger partial charge < -0.3 is 9.15 Å². The molecule has 8 heteroatoms. The van der Waals surface area contributed by atoms with E-state index in [4.69, 9.17) is 9.15 Å². The highest BCUT2D eigenvalue weighted by atomic mass is 16.5. The van der Waals surface area contributed by atoms with Crippen LogP contribution >= 0.6 is 0 Å². The van der Waals surface area contributed by atoms with E-state index in [1.54, 1.807) is 0 Å². The number of ether oxygens (including phenoxy) is 1. The van der Waals surface area contributed by atoms with Crippen LogP contribution in [0, 0.1) is 0 Å². The zero-order valence-electron chi connectivity index (χ0n) is 16.9. The van der Waals surface area contributed by atoms with Gasteiger partial charge in [0.15, 0.2) is 11.3 Å². The van der Waals surface area contributed by atoms with E-state index in [1.165, 1.54) is 23.5 Å². The van der Waals surface area contributed by atoms with Crippen molar-refractivity contribution in [3.05, 3.63) is 56.6 Å². The van der Waals surface area contributed by atoms with Gasteiger partial charge in [-0.1, -0.05) is 12.1 Å². The van der Waals surface area contributed by atoms with Gasteiger partial charge in [0.1, 0.15) is 12.0 Å². The van der Waals surface area contributed by atoms with Gasteiger partial charge >= 0.3 is 5.69 Å². The molecule has 0 saturated heterocycles. The fourth-order valence-electron chi connectivity index (χ4n) is 3.88. The Bertz CT molecular complexity index is 1130. The van der Waals surface area contributed by atoms with Crippen LogP contribution in [0.4, 0.5) is 0 Å². The summed E-state index contributed by atoms with van der Waals surface area (Å²) in [5.41, 5.74) is 1.39. The number of para-hydroxylation sites is 1. The van der Waals surface area contributed by atoms with Gasteiger partial charge in [0.25, 0.3) is 5.56 Å². The Hall–Kier alpha value is -2.87. The highest BCUT2D eigenvalue weighted by Crippen LogP contribution is 2.35. The zero-order valence-corrected chi connectivity index (χ0v) is 16.9. The van der Waals surface area contributed by atoms with E-state index < -0.39 is 0 Å². The minimum absolute atomic E-state index is 0.368. The largest absolute Gasteiger partial charge is 0.490 e. The normalized spacial score (nSPS) is 14.3. The summed E-state index contributed by atoms with van der Waals surface area (Å²) in [6, 6.07) is 6.08. The molecule has 0 spiro atoms. The summed E-state index contributed by atoms with van der Waals surface area (Å²) in [5, 5.41) is 5.09. The van der Waals surface area contributed by atoms with Crippen LogP contribution in [0.15, 0.2) is 38.4 Å². The Kier molecular flexibility index (Phi) is 5.53. The highest BCUT2D eigenvalue weighted by Gasteiger charge is 2.23. The maximum absolute atomic E-state index is 12.0. The van der Waals surface area contributed by atoms with Gasteiger partial charge in [-0.05, 0) is 38.8 Å². The zero-order chi connectivity index (χ0) is 20.4. The summed E-state index contributed by atoms with van der Waals surface area (Å²) in [7, 11) is 1.47. The van der Waals surface area contributed by atoms with Gasteiger partial charge in [0.05, 0.1) is 13.2 Å². The van der Waals surface area contributed by atoms with Gasteiger partial charge in [-0.15, -0.1) is 0 Å². The second-order valence-corrected chi connectivity index (χ2v) is 7.35. The number of nitrogens with zero attached hydrogens (tertiary/aromatic N) is 4. The summed E-state index contributed by atoms with van der Waals surface area (Å²) >= 11 is 0. The smallest absolute Gasteiger partial charge is 0.347 e. The molecule has 2 aromatic heterocycles. The average Bonchev–Trinajstić information content (AvgIpc) is 3.10. The lowest BCUT2D eigenvalue weighted by atomic mass is 10.0. The number of aromatic nitrogens is 3. The minimum atomic E-state index is -0.381. The second-order valence-electron chi connectivity index (χ2n) is 7.35. The fraction of sp³-hybridized carbons (Fsp3) is 0.476. The molecule has 154 valence electrons. The van der Waals surface area contributed by atoms with Crippen molar-refractivity contribution in [2.45, 2.75) is 39.3 Å². The first-order valence-corrected chi connectivity index (χ1v) is 10.1. The number of unbranched alkanes of at least 4 members (excludes halogenated alkanes) is 1. The lowest BCUT2D eigenvalue weighted by Gasteiger charge is -2.25. The van der Waals surface area contributed by atoms with E-state index in [-0.39, 0.29) is 11.2 Å². The van der Waals surface area contributed by atoms with Crippen LogP contribution in [0.25, 0.3) is 11.0 Å². The fourth-order valence-corrected chi connectivity index (χ4v) is 3.88. The number of furan rings is 1. The molecule has 0 amide bonds. The van der Waals surface area contributed by atoms with Gasteiger partial charge in [-0.2, -0.15) is 5.10 Å². The van der Waals surface area contributed by atoms with Crippen LogP contribution in [0.3, 0.4) is 0 Å². The first-order valence-electron chi connectivity index (χ1n) is 10.1. The topological polar surface area (TPSA) is 82.5 Å². The maximum atomic E-state index is 12.0. The van der Waals surface area contributed by atoms with Crippen molar-refractivity contribution in [1.29, 1.82) is 0 Å². The molecule has 4 rings (SSSR count). The van der Waals surface area contributed by atoms with Crippen molar-refractivity contribution in [3.8, 4) is 5.75 Å². The van der Waals surface area contributed by atoms with E-state index in [0.717, 1.165) is 65.9 Å². The molecule has 0 saturated carbocycles. The summed E-state index contributed by atoms with van der Waals surface area (Å²) < 4.78 is 14.3. The molecular weight excluding hydrogens is 372 g/mol. The molecule has 1 aromatic carbocycles. The first kappa shape index (κ1) is 19.4. The molecular formula is C21H26N4O4. The Balaban J connectivity index is 1.36. The van der Waals surface area contributed by atoms with E-state index in [2.05, 4.69) is 16.1 Å². The molecule has 29 heavy (non-hydrogen) atoms. The number of aryl methyl sites for hydroxylation is 1. The van der Waals surface area contributed by atoms with Crippen LogP contribution in [-0.2, 0) is 26.6 Å². The summed E-state index contributed by atoms with van der Waals surface area (Å²) in [4.78, 5) is 25.8. The molecule has 3 aromatic rings. The van der Waals surface area contributed by atoms with Crippen molar-refractivity contribution in [2.75, 3.05) is 19.7 Å². The molecule has 8 nitrogen and oxygen atoms in total. The Labute approximate surface area is 168 Å². The molecule has 0 radical (unpaired) electrons. The third-order valence-corrected chi connectivity index (χ3v) is 5.45. The SMILES string of the molecule is CCOc1cccc2c3c(oc12)CN(CCCCn1ncc(=O)n(C)c1=O)CC3. The van der Waals surface area contributed by atoms with E-state index in [0.29, 0.717) is 13.2 Å². The molecule has 1 aliphatic rings. The number of hydrogen-bond donors (Lipinski definition) is 0. The quantitative estimate of drug-likeness (QED) is 0.566. The number of rotatable bonds is 7. The minimum Gasteiger partial charge on any atom is -0.490 e. The molecule has 0 fully saturated rings. The number of hydrogen-bond acceptors (Lipinski definition) is 6. The van der Waals surface area contributed by atoms with Crippen LogP contribution in [-0.4, -0.2) is 38.9 Å². The van der Waals surface area contributed by atoms with Gasteiger partial charge in [-0.25, -0.2) is 9.48 Å². The number of benzene rings is 1. The van der Waals surface area contributed by atoms with Crippen molar-refractivity contribution in [1.82, 2.24) is 19.2 Å². The van der Waals surface area contributed by atoms with Gasteiger partial charge in [-0.3, -0.25) is 14.3 Å². The summed E-state index contributed by atoms with van der Waals surface area (Å²) in [5.74, 6) is 1.83. The van der Waals surface area contributed by atoms with Crippen molar-refractivity contribution < 1.29 is 9.15 Å². The standard InChI is InChI=1S/C21H26N4O4/c1-3-28-17-8-6-7-16-15-9-12-24(14-18(15)29-20(16)17)10-4-5-11-25-21(27)23(2)19(26)13-22-25/h6-8,13H,3-5,9-12,14H2,1-2H3. The molecule has 0 atom stereocenters. The van der Waals surface area contributed by atoms with Crippen LogP contribution in [0.2, 0.25) is 0 Å². The predicted molar refractivity (Wildman–Crippen MR) is 109 cm³/mol. The van der Waals surface area contributed by atoms with E-state index >= 15 is 0 Å². The molecule has 0 N–H and O–H groups in total. The molecule has 3 heterocycles. The van der Waals surface area contributed by atoms with Crippen molar-refractivity contribution in [3.63, 3.8) is 0 Å². The Morgan fingerprint density at radius 1 is 1.21 bits per heavy atom.